The Hall–Kier alpha value is -1.32. The summed E-state index contributed by atoms with van der Waals surface area (Å²) in [6.45, 7) is 5.97. The first kappa shape index (κ1) is 22.0. The number of amides is 1. The van der Waals surface area contributed by atoms with Gasteiger partial charge in [-0.25, -0.2) is 4.98 Å². The maximum Gasteiger partial charge on any atom is 0.228 e. The molecule has 7 nitrogen and oxygen atoms in total. The van der Waals surface area contributed by atoms with Crippen LogP contribution >= 0.6 is 36.2 Å². The molecular formula is C17H24Cl2N6OS. The minimum Gasteiger partial charge on any atom is -0.341 e. The van der Waals surface area contributed by atoms with Crippen molar-refractivity contribution in [1.82, 2.24) is 30.1 Å². The molecule has 27 heavy (non-hydrogen) atoms. The molecule has 10 heteroatoms. The molecule has 2 aliphatic heterocycles. The summed E-state index contributed by atoms with van der Waals surface area (Å²) < 4.78 is 0. The van der Waals surface area contributed by atoms with Gasteiger partial charge >= 0.3 is 0 Å². The first-order valence-electron chi connectivity index (χ1n) is 8.73. The molecule has 2 aromatic heterocycles. The van der Waals surface area contributed by atoms with Crippen molar-refractivity contribution < 1.29 is 4.79 Å². The summed E-state index contributed by atoms with van der Waals surface area (Å²) in [4.78, 5) is 30.0. The van der Waals surface area contributed by atoms with E-state index in [1.807, 2.05) is 10.3 Å². The van der Waals surface area contributed by atoms with E-state index in [0.29, 0.717) is 12.5 Å². The number of hydrogen-bond acceptors (Lipinski definition) is 7. The lowest BCUT2D eigenvalue weighted by atomic mass is 10.2. The van der Waals surface area contributed by atoms with Gasteiger partial charge in [-0.05, 0) is 6.42 Å². The third-order valence-corrected chi connectivity index (χ3v) is 5.76. The lowest BCUT2D eigenvalue weighted by molar-refractivity contribution is -0.129. The number of nitrogens with zero attached hydrogens (tertiary/aromatic N) is 5. The monoisotopic (exact) mass is 430 g/mol. The number of rotatable bonds is 4. The molecule has 2 aromatic rings. The normalized spacial score (nSPS) is 20.0. The zero-order chi connectivity index (χ0) is 17.1. The molecule has 0 bridgehead atoms. The van der Waals surface area contributed by atoms with Crippen LogP contribution in [0.15, 0.2) is 24.0 Å². The van der Waals surface area contributed by atoms with Gasteiger partial charge in [0, 0.05) is 63.1 Å². The fraction of sp³-hybridized carbons (Fsp3) is 0.529. The topological polar surface area (TPSA) is 74.2 Å². The molecule has 1 N–H and O–H groups in total. The third kappa shape index (κ3) is 5.36. The summed E-state index contributed by atoms with van der Waals surface area (Å²) in [5.41, 5.74) is 1.58. The van der Waals surface area contributed by atoms with Gasteiger partial charge in [0.2, 0.25) is 5.91 Å². The van der Waals surface area contributed by atoms with Crippen LogP contribution in [0.25, 0.3) is 10.7 Å². The molecule has 0 spiro atoms. The Labute approximate surface area is 175 Å². The number of carbonyl (C=O) groups is 1. The molecule has 148 valence electrons. The van der Waals surface area contributed by atoms with Gasteiger partial charge in [-0.1, -0.05) is 0 Å². The predicted octanol–water partition coefficient (Wildman–Crippen LogP) is 1.49. The SMILES string of the molecule is Cl.Cl.O=C(Cc1csc(-c2cnccn2)n1)N1CCC(N2CCNCC2)C1. The summed E-state index contributed by atoms with van der Waals surface area (Å²) in [7, 11) is 0. The first-order valence-corrected chi connectivity index (χ1v) is 9.61. The minimum atomic E-state index is 0. The van der Waals surface area contributed by atoms with Gasteiger partial charge in [0.05, 0.1) is 18.3 Å². The van der Waals surface area contributed by atoms with E-state index >= 15 is 0 Å². The van der Waals surface area contributed by atoms with E-state index in [1.54, 1.807) is 18.6 Å². The van der Waals surface area contributed by atoms with E-state index < -0.39 is 0 Å². The molecule has 2 saturated heterocycles. The second-order valence-corrected chi connectivity index (χ2v) is 7.34. The highest BCUT2D eigenvalue weighted by molar-refractivity contribution is 7.13. The van der Waals surface area contributed by atoms with Gasteiger partial charge in [-0.15, -0.1) is 36.2 Å². The zero-order valence-electron chi connectivity index (χ0n) is 14.9. The molecule has 0 aromatic carbocycles. The van der Waals surface area contributed by atoms with Crippen LogP contribution in [0, 0.1) is 0 Å². The van der Waals surface area contributed by atoms with Gasteiger partial charge in [0.1, 0.15) is 10.7 Å². The smallest absolute Gasteiger partial charge is 0.228 e. The molecule has 1 amide bonds. The number of nitrogens with one attached hydrogen (secondary N) is 1. The summed E-state index contributed by atoms with van der Waals surface area (Å²) in [5, 5.41) is 6.15. The fourth-order valence-electron chi connectivity index (χ4n) is 3.50. The summed E-state index contributed by atoms with van der Waals surface area (Å²) >= 11 is 1.51. The highest BCUT2D eigenvalue weighted by atomic mass is 35.5. The standard InChI is InChI=1S/C17H22N6OS.2ClH/c24-16(23-6-1-14(11-23)22-7-4-18-5-8-22)9-13-12-25-17(21-13)15-10-19-2-3-20-15;;/h2-3,10,12,14,18H,1,4-9,11H2;2*1H. The third-order valence-electron chi connectivity index (χ3n) is 4.85. The van der Waals surface area contributed by atoms with Crippen LogP contribution in [-0.2, 0) is 11.2 Å². The van der Waals surface area contributed by atoms with Crippen molar-refractivity contribution in [3.8, 4) is 10.7 Å². The Balaban J connectivity index is 0.00000131. The summed E-state index contributed by atoms with van der Waals surface area (Å²) in [6, 6.07) is 0.511. The number of thiazole rings is 1. The van der Waals surface area contributed by atoms with E-state index in [1.165, 1.54) is 11.3 Å². The Bertz CT molecular complexity index is 725. The van der Waals surface area contributed by atoms with Crippen molar-refractivity contribution in [2.24, 2.45) is 0 Å². The number of likely N-dealkylation sites (tertiary alicyclic amines) is 1. The van der Waals surface area contributed by atoms with Gasteiger partial charge in [0.25, 0.3) is 0 Å². The van der Waals surface area contributed by atoms with E-state index in [2.05, 4.69) is 25.2 Å². The number of carbonyl (C=O) groups excluding carboxylic acids is 1. The molecular weight excluding hydrogens is 407 g/mol. The second kappa shape index (κ2) is 10.3. The molecule has 1 unspecified atom stereocenters. The van der Waals surface area contributed by atoms with E-state index in [9.17, 15) is 4.79 Å². The highest BCUT2D eigenvalue weighted by Gasteiger charge is 2.31. The molecule has 1 atom stereocenters. The summed E-state index contributed by atoms with van der Waals surface area (Å²) in [6.07, 6.45) is 6.44. The van der Waals surface area contributed by atoms with Crippen molar-refractivity contribution in [2.45, 2.75) is 18.9 Å². The van der Waals surface area contributed by atoms with Crippen molar-refractivity contribution in [1.29, 1.82) is 0 Å². The zero-order valence-corrected chi connectivity index (χ0v) is 17.4. The lowest BCUT2D eigenvalue weighted by Gasteiger charge is -2.32. The summed E-state index contributed by atoms with van der Waals surface area (Å²) in [5.74, 6) is 0.175. The molecule has 4 rings (SSSR count). The van der Waals surface area contributed by atoms with Crippen LogP contribution in [0.2, 0.25) is 0 Å². The quantitative estimate of drug-likeness (QED) is 0.791. The lowest BCUT2D eigenvalue weighted by Crippen LogP contribution is -2.49. The van der Waals surface area contributed by atoms with Gasteiger partial charge in [0.15, 0.2) is 0 Å². The molecule has 0 saturated carbocycles. The largest absolute Gasteiger partial charge is 0.341 e. The average Bonchev–Trinajstić information content (AvgIpc) is 3.33. The van der Waals surface area contributed by atoms with Gasteiger partial charge in [-0.2, -0.15) is 0 Å². The Morgan fingerprint density at radius 1 is 1.22 bits per heavy atom. The molecule has 0 aliphatic carbocycles. The fourth-order valence-corrected chi connectivity index (χ4v) is 4.28. The number of piperazine rings is 1. The number of halogens is 2. The molecule has 0 radical (unpaired) electrons. The van der Waals surface area contributed by atoms with Crippen LogP contribution in [0.3, 0.4) is 0 Å². The van der Waals surface area contributed by atoms with Gasteiger partial charge in [-0.3, -0.25) is 19.7 Å². The Kier molecular flexibility index (Phi) is 8.37. The van der Waals surface area contributed by atoms with Gasteiger partial charge < -0.3 is 10.2 Å². The van der Waals surface area contributed by atoms with Crippen LogP contribution in [-0.4, -0.2) is 76.0 Å². The highest BCUT2D eigenvalue weighted by Crippen LogP contribution is 2.22. The van der Waals surface area contributed by atoms with Crippen molar-refractivity contribution in [2.75, 3.05) is 39.3 Å². The predicted molar refractivity (Wildman–Crippen MR) is 111 cm³/mol. The molecule has 4 heterocycles. The van der Waals surface area contributed by atoms with E-state index in [0.717, 1.165) is 62.1 Å². The first-order chi connectivity index (χ1) is 12.3. The minimum absolute atomic E-state index is 0. The number of aromatic nitrogens is 3. The van der Waals surface area contributed by atoms with E-state index in [4.69, 9.17) is 0 Å². The van der Waals surface area contributed by atoms with E-state index in [-0.39, 0.29) is 30.7 Å². The van der Waals surface area contributed by atoms with Crippen molar-refractivity contribution >= 4 is 42.1 Å². The maximum absolute atomic E-state index is 12.6. The van der Waals surface area contributed by atoms with Crippen LogP contribution in [0.1, 0.15) is 12.1 Å². The van der Waals surface area contributed by atoms with Crippen molar-refractivity contribution in [3.05, 3.63) is 29.7 Å². The Morgan fingerprint density at radius 2 is 2.04 bits per heavy atom. The van der Waals surface area contributed by atoms with Crippen LogP contribution in [0.5, 0.6) is 0 Å². The molecule has 2 fully saturated rings. The maximum atomic E-state index is 12.6. The number of hydrogen-bond donors (Lipinski definition) is 1. The second-order valence-electron chi connectivity index (χ2n) is 6.48. The Morgan fingerprint density at radius 3 is 2.78 bits per heavy atom. The van der Waals surface area contributed by atoms with Crippen LogP contribution in [0.4, 0.5) is 0 Å². The average molecular weight is 431 g/mol. The molecule has 2 aliphatic rings. The van der Waals surface area contributed by atoms with Crippen molar-refractivity contribution in [3.63, 3.8) is 0 Å². The van der Waals surface area contributed by atoms with Crippen LogP contribution < -0.4 is 5.32 Å².